The van der Waals surface area contributed by atoms with Crippen molar-refractivity contribution in [3.05, 3.63) is 36.5 Å². The lowest BCUT2D eigenvalue weighted by molar-refractivity contribution is -0.870. The van der Waals surface area contributed by atoms with Crippen LogP contribution >= 0.6 is 7.82 Å². The first-order chi connectivity index (χ1) is 27.1. The first-order valence-electron chi connectivity index (χ1n) is 23.2. The molecule has 0 spiro atoms. The molecule has 0 radical (unpaired) electrons. The van der Waals surface area contributed by atoms with E-state index in [0.29, 0.717) is 24.1 Å². The van der Waals surface area contributed by atoms with Crippen LogP contribution in [-0.4, -0.2) is 70.7 Å². The van der Waals surface area contributed by atoms with Gasteiger partial charge in [-0.05, 0) is 70.6 Å². The molecule has 2 atom stereocenters. The fourth-order valence-electron chi connectivity index (χ4n) is 6.28. The van der Waals surface area contributed by atoms with Crippen molar-refractivity contribution < 1.29 is 37.3 Å². The number of phosphoric acid groups is 1. The summed E-state index contributed by atoms with van der Waals surface area (Å²) in [7, 11) is 1.35. The van der Waals surface area contributed by atoms with Crippen molar-refractivity contribution in [2.75, 3.05) is 54.1 Å². The molecule has 0 amide bonds. The number of likely N-dealkylation sites (N-methyl/N-ethyl adjacent to an activating group) is 1. The van der Waals surface area contributed by atoms with Gasteiger partial charge in [0.1, 0.15) is 19.3 Å². The number of allylic oxidation sites excluding steroid dienone is 6. The van der Waals surface area contributed by atoms with Gasteiger partial charge in [0.2, 0.25) is 0 Å². The normalized spacial score (nSPS) is 14.0. The Morgan fingerprint density at radius 1 is 0.554 bits per heavy atom. The van der Waals surface area contributed by atoms with E-state index >= 15 is 0 Å². The second-order valence-electron chi connectivity index (χ2n) is 16.8. The fourth-order valence-corrected chi connectivity index (χ4v) is 7.01. The van der Waals surface area contributed by atoms with E-state index in [-0.39, 0.29) is 25.8 Å². The molecule has 2 unspecified atom stereocenters. The van der Waals surface area contributed by atoms with Crippen molar-refractivity contribution in [1.29, 1.82) is 0 Å². The van der Waals surface area contributed by atoms with E-state index in [1.54, 1.807) is 0 Å². The van der Waals surface area contributed by atoms with E-state index in [9.17, 15) is 14.3 Å². The quantitative estimate of drug-likeness (QED) is 0.0199. The maximum absolute atomic E-state index is 12.7. The number of nitrogens with zero attached hydrogens (tertiary/aromatic N) is 1. The minimum atomic E-state index is -4.53. The third-order valence-electron chi connectivity index (χ3n) is 9.91. The Labute approximate surface area is 346 Å². The lowest BCUT2D eigenvalue weighted by atomic mass is 10.1. The minimum Gasteiger partial charge on any atom is -0.756 e. The SMILES string of the molecule is CCCCCC/C=C\C/C=C\CCCCCCCCCC(=O)OC(COCCCCCCCC/C=C\CCCCCCCC)COP(=O)([O-])OCC[N+](C)(C)C. The van der Waals surface area contributed by atoms with Gasteiger partial charge >= 0.3 is 5.97 Å². The lowest BCUT2D eigenvalue weighted by Crippen LogP contribution is -2.37. The number of hydrogen-bond donors (Lipinski definition) is 0. The summed E-state index contributed by atoms with van der Waals surface area (Å²) in [4.78, 5) is 25.1. The summed E-state index contributed by atoms with van der Waals surface area (Å²) < 4.78 is 34.6. The van der Waals surface area contributed by atoms with E-state index in [1.165, 1.54) is 135 Å². The van der Waals surface area contributed by atoms with Gasteiger partial charge in [-0.25, -0.2) is 0 Å². The van der Waals surface area contributed by atoms with E-state index in [2.05, 4.69) is 50.3 Å². The molecule has 330 valence electrons. The minimum absolute atomic E-state index is 0.0232. The second kappa shape index (κ2) is 40.5. The monoisotopic (exact) mass is 812 g/mol. The van der Waals surface area contributed by atoms with Gasteiger partial charge in [0, 0.05) is 13.0 Å². The van der Waals surface area contributed by atoms with Crippen molar-refractivity contribution in [1.82, 2.24) is 0 Å². The molecule has 8 nitrogen and oxygen atoms in total. The number of esters is 1. The molecule has 0 bridgehead atoms. The Morgan fingerprint density at radius 2 is 0.982 bits per heavy atom. The van der Waals surface area contributed by atoms with Crippen LogP contribution in [0.1, 0.15) is 200 Å². The average molecular weight is 812 g/mol. The van der Waals surface area contributed by atoms with Crippen LogP contribution in [0.2, 0.25) is 0 Å². The summed E-state index contributed by atoms with van der Waals surface area (Å²) >= 11 is 0. The molecule has 0 aromatic rings. The number of rotatable bonds is 43. The van der Waals surface area contributed by atoms with Crippen molar-refractivity contribution in [2.24, 2.45) is 0 Å². The van der Waals surface area contributed by atoms with Crippen LogP contribution in [0, 0.1) is 0 Å². The second-order valence-corrected chi connectivity index (χ2v) is 18.2. The molecule has 0 saturated heterocycles. The van der Waals surface area contributed by atoms with Gasteiger partial charge in [0.25, 0.3) is 7.82 Å². The summed E-state index contributed by atoms with van der Waals surface area (Å²) in [6, 6.07) is 0. The number of quaternary nitrogens is 1. The van der Waals surface area contributed by atoms with Gasteiger partial charge < -0.3 is 27.9 Å². The molecule has 0 rings (SSSR count). The van der Waals surface area contributed by atoms with Gasteiger partial charge in [0.05, 0.1) is 34.4 Å². The van der Waals surface area contributed by atoms with E-state index in [0.717, 1.165) is 44.9 Å². The van der Waals surface area contributed by atoms with Crippen LogP contribution in [0.4, 0.5) is 0 Å². The number of phosphoric ester groups is 1. The molecular weight excluding hydrogens is 721 g/mol. The molecule has 0 heterocycles. The third kappa shape index (κ3) is 43.8. The third-order valence-corrected chi connectivity index (χ3v) is 10.9. The van der Waals surface area contributed by atoms with E-state index in [4.69, 9.17) is 18.5 Å². The molecule has 0 saturated carbocycles. The Kier molecular flexibility index (Phi) is 39.6. The fraction of sp³-hybridized carbons (Fsp3) is 0.851. The highest BCUT2D eigenvalue weighted by molar-refractivity contribution is 7.45. The lowest BCUT2D eigenvalue weighted by Gasteiger charge is -2.28. The molecule has 9 heteroatoms. The molecule has 0 aliphatic carbocycles. The zero-order chi connectivity index (χ0) is 41.3. The van der Waals surface area contributed by atoms with Crippen molar-refractivity contribution in [3.8, 4) is 0 Å². The molecule has 0 fully saturated rings. The number of hydrogen-bond acceptors (Lipinski definition) is 7. The molecule has 0 aromatic heterocycles. The number of carbonyl (C=O) groups excluding carboxylic acids is 1. The van der Waals surface area contributed by atoms with Crippen LogP contribution in [0.3, 0.4) is 0 Å². The Balaban J connectivity index is 4.23. The van der Waals surface area contributed by atoms with Crippen LogP contribution in [0.25, 0.3) is 0 Å². The topological polar surface area (TPSA) is 94.1 Å². The summed E-state index contributed by atoms with van der Waals surface area (Å²) in [5.41, 5.74) is 0. The Hall–Kier alpha value is -1.28. The van der Waals surface area contributed by atoms with Crippen LogP contribution < -0.4 is 4.89 Å². The van der Waals surface area contributed by atoms with Gasteiger partial charge in [-0.2, -0.15) is 0 Å². The van der Waals surface area contributed by atoms with E-state index < -0.39 is 13.9 Å². The van der Waals surface area contributed by atoms with Gasteiger partial charge in [-0.1, -0.05) is 159 Å². The maximum Gasteiger partial charge on any atom is 0.306 e. The zero-order valence-corrected chi connectivity index (χ0v) is 38.2. The zero-order valence-electron chi connectivity index (χ0n) is 37.3. The molecule has 0 aliphatic rings. The Morgan fingerprint density at radius 3 is 1.48 bits per heavy atom. The van der Waals surface area contributed by atoms with Gasteiger partial charge in [0.15, 0.2) is 0 Å². The van der Waals surface area contributed by atoms with Crippen molar-refractivity contribution in [3.63, 3.8) is 0 Å². The highest BCUT2D eigenvalue weighted by Gasteiger charge is 2.20. The summed E-state index contributed by atoms with van der Waals surface area (Å²) in [5.74, 6) is -0.343. The first-order valence-corrected chi connectivity index (χ1v) is 24.7. The standard InChI is InChI=1S/C47H90NO7P/c1-6-8-10-12-14-16-18-20-22-24-25-26-28-30-32-34-36-38-40-47(49)55-46(45-54-56(50,51)53-43-41-48(3,4)5)44-52-42-39-37-35-33-31-29-27-23-21-19-17-15-13-11-9-7-2/h16,18,21-24,46H,6-15,17,19-20,25-45H2,1-5H3/b18-16-,23-21-,24-22-. The highest BCUT2D eigenvalue weighted by atomic mass is 31.2. The van der Waals surface area contributed by atoms with Crippen LogP contribution in [-0.2, 0) is 27.9 Å². The van der Waals surface area contributed by atoms with E-state index in [1.807, 2.05) is 21.1 Å². The number of carbonyl (C=O) groups is 1. The van der Waals surface area contributed by atoms with Crippen molar-refractivity contribution >= 4 is 13.8 Å². The molecule has 0 N–H and O–H groups in total. The predicted molar refractivity (Wildman–Crippen MR) is 236 cm³/mol. The molecular formula is C47H90NO7P. The molecule has 0 aromatic carbocycles. The summed E-state index contributed by atoms with van der Waals surface area (Å²) in [6.07, 6.45) is 47.2. The summed E-state index contributed by atoms with van der Waals surface area (Å²) in [6.45, 7) is 5.38. The Bertz CT molecular complexity index is 994. The van der Waals surface area contributed by atoms with Gasteiger partial charge in [-0.15, -0.1) is 0 Å². The smallest absolute Gasteiger partial charge is 0.306 e. The maximum atomic E-state index is 12.7. The number of ether oxygens (including phenoxy) is 2. The van der Waals surface area contributed by atoms with Crippen LogP contribution in [0.5, 0.6) is 0 Å². The van der Waals surface area contributed by atoms with Crippen LogP contribution in [0.15, 0.2) is 36.5 Å². The average Bonchev–Trinajstić information content (AvgIpc) is 3.15. The number of unbranched alkanes of at least 4 members (excludes halogenated alkanes) is 23. The highest BCUT2D eigenvalue weighted by Crippen LogP contribution is 2.38. The summed E-state index contributed by atoms with van der Waals surface area (Å²) in [5, 5.41) is 0. The largest absolute Gasteiger partial charge is 0.756 e. The van der Waals surface area contributed by atoms with Crippen molar-refractivity contribution in [2.45, 2.75) is 206 Å². The molecule has 56 heavy (non-hydrogen) atoms. The molecule has 0 aliphatic heterocycles. The predicted octanol–water partition coefficient (Wildman–Crippen LogP) is 13.1. The first kappa shape index (κ1) is 54.7. The van der Waals surface area contributed by atoms with Gasteiger partial charge in [-0.3, -0.25) is 9.36 Å².